The second kappa shape index (κ2) is 17.5. The number of pyridine rings is 2. The molecule has 0 aliphatic carbocycles. The van der Waals surface area contributed by atoms with E-state index in [0.717, 1.165) is 16.3 Å². The molecule has 5 aromatic rings. The second-order valence-electron chi connectivity index (χ2n) is 15.2. The molecule has 12 heteroatoms. The molecule has 290 valence electrons. The zero-order valence-corrected chi connectivity index (χ0v) is 33.1. The molecule has 0 saturated heterocycles. The van der Waals surface area contributed by atoms with Gasteiger partial charge in [0.1, 0.15) is 23.1 Å². The number of benzene rings is 3. The molecule has 0 spiro atoms. The highest BCUT2D eigenvalue weighted by atomic mass is 16.5. The number of nitrogens with zero attached hydrogens (tertiary/aromatic N) is 3. The first-order valence-electron chi connectivity index (χ1n) is 18.2. The van der Waals surface area contributed by atoms with Crippen LogP contribution in [0.25, 0.3) is 21.9 Å². The van der Waals surface area contributed by atoms with Gasteiger partial charge < -0.3 is 40.2 Å². The van der Waals surface area contributed by atoms with Crippen molar-refractivity contribution in [1.29, 1.82) is 0 Å². The van der Waals surface area contributed by atoms with Crippen LogP contribution in [0.2, 0.25) is 0 Å². The van der Waals surface area contributed by atoms with E-state index in [1.165, 1.54) is 0 Å². The summed E-state index contributed by atoms with van der Waals surface area (Å²) in [5, 5.41) is 23.2. The molecule has 55 heavy (non-hydrogen) atoms. The number of carbonyl (C=O) groups excluding carboxylic acids is 2. The van der Waals surface area contributed by atoms with Gasteiger partial charge in [0, 0.05) is 67.2 Å². The molecular formula is C43H52N6O6. The van der Waals surface area contributed by atoms with Crippen LogP contribution in [0.15, 0.2) is 79.0 Å². The van der Waals surface area contributed by atoms with Gasteiger partial charge in [-0.25, -0.2) is 14.8 Å². The fourth-order valence-corrected chi connectivity index (χ4v) is 5.82. The Hall–Kier alpha value is -5.88. The molecule has 5 rings (SSSR count). The van der Waals surface area contributed by atoms with Crippen molar-refractivity contribution in [3.05, 3.63) is 101 Å². The lowest BCUT2D eigenvalue weighted by Crippen LogP contribution is -2.32. The van der Waals surface area contributed by atoms with Crippen molar-refractivity contribution in [2.24, 2.45) is 11.3 Å². The first-order valence-corrected chi connectivity index (χ1v) is 18.2. The minimum absolute atomic E-state index is 0.106. The van der Waals surface area contributed by atoms with E-state index in [2.05, 4.69) is 20.9 Å². The number of aromatic nitrogens is 2. The Balaban J connectivity index is 1.47. The highest BCUT2D eigenvalue weighted by Crippen LogP contribution is 2.35. The molecule has 0 bridgehead atoms. The van der Waals surface area contributed by atoms with E-state index in [1.54, 1.807) is 38.6 Å². The standard InChI is InChI=1S/C43H52N6O6/c1-26(2)24-55-42(52)35-21-28(40(50)46-25-43(3,4)5)11-14-33(35)34-16-17-37(49(6)7)48-38(34)41(51)47-30-12-15-32-27(20-30)18-19-44-39(32)45-23-29-10-13-31(53-8)22-36(29)54-9/h10-22,26,41,47,51H,23-25H2,1-9H3,(H,44,45)(H,46,50). The Labute approximate surface area is 323 Å². The lowest BCUT2D eigenvalue weighted by molar-refractivity contribution is 0.0459. The number of amides is 1. The summed E-state index contributed by atoms with van der Waals surface area (Å²) in [6.07, 6.45) is 0.437. The Morgan fingerprint density at radius 2 is 1.67 bits per heavy atom. The summed E-state index contributed by atoms with van der Waals surface area (Å²) in [6, 6.07) is 21.9. The van der Waals surface area contributed by atoms with Gasteiger partial charge in [-0.15, -0.1) is 0 Å². The molecular weight excluding hydrogens is 697 g/mol. The maximum absolute atomic E-state index is 13.6. The number of nitrogens with one attached hydrogen (secondary N) is 3. The van der Waals surface area contributed by atoms with Crippen LogP contribution in [-0.4, -0.2) is 68.4 Å². The first kappa shape index (κ1) is 40.3. The number of esters is 1. The Morgan fingerprint density at radius 3 is 2.36 bits per heavy atom. The number of ether oxygens (including phenoxy) is 3. The van der Waals surface area contributed by atoms with Crippen molar-refractivity contribution in [1.82, 2.24) is 15.3 Å². The van der Waals surface area contributed by atoms with Crippen molar-refractivity contribution in [3.8, 4) is 22.6 Å². The van der Waals surface area contributed by atoms with Crippen molar-refractivity contribution in [3.63, 3.8) is 0 Å². The molecule has 1 unspecified atom stereocenters. The van der Waals surface area contributed by atoms with E-state index in [4.69, 9.17) is 19.2 Å². The van der Waals surface area contributed by atoms with Gasteiger partial charge in [-0.3, -0.25) is 4.79 Å². The number of carbonyl (C=O) groups is 2. The highest BCUT2D eigenvalue weighted by molar-refractivity contribution is 6.02. The summed E-state index contributed by atoms with van der Waals surface area (Å²) in [5.74, 6) is 1.95. The predicted octanol–water partition coefficient (Wildman–Crippen LogP) is 7.68. The number of hydrogen-bond acceptors (Lipinski definition) is 11. The van der Waals surface area contributed by atoms with E-state index < -0.39 is 12.2 Å². The number of aliphatic hydroxyl groups is 1. The third-order valence-corrected chi connectivity index (χ3v) is 8.75. The highest BCUT2D eigenvalue weighted by Gasteiger charge is 2.24. The molecule has 2 heterocycles. The van der Waals surface area contributed by atoms with Gasteiger partial charge in [-0.1, -0.05) is 40.7 Å². The summed E-state index contributed by atoms with van der Waals surface area (Å²) < 4.78 is 16.6. The smallest absolute Gasteiger partial charge is 0.338 e. The minimum Gasteiger partial charge on any atom is -0.497 e. The normalized spacial score (nSPS) is 11.9. The summed E-state index contributed by atoms with van der Waals surface area (Å²) in [5.41, 5.74) is 3.26. The predicted molar refractivity (Wildman–Crippen MR) is 218 cm³/mol. The zero-order valence-electron chi connectivity index (χ0n) is 33.1. The molecule has 0 radical (unpaired) electrons. The van der Waals surface area contributed by atoms with Gasteiger partial charge in [-0.05, 0) is 82.9 Å². The van der Waals surface area contributed by atoms with Crippen LogP contribution in [-0.2, 0) is 11.3 Å². The lowest BCUT2D eigenvalue weighted by atomic mass is 9.94. The van der Waals surface area contributed by atoms with Gasteiger partial charge in [0.2, 0.25) is 0 Å². The van der Waals surface area contributed by atoms with E-state index in [-0.39, 0.29) is 29.4 Å². The average molecular weight is 749 g/mol. The summed E-state index contributed by atoms with van der Waals surface area (Å²) >= 11 is 0. The average Bonchev–Trinajstić information content (AvgIpc) is 3.17. The van der Waals surface area contributed by atoms with Crippen LogP contribution in [0, 0.1) is 11.3 Å². The summed E-state index contributed by atoms with van der Waals surface area (Å²) in [7, 11) is 6.96. The van der Waals surface area contributed by atoms with E-state index in [1.807, 2.05) is 108 Å². The van der Waals surface area contributed by atoms with Gasteiger partial charge in [0.05, 0.1) is 32.1 Å². The molecule has 2 aromatic heterocycles. The largest absolute Gasteiger partial charge is 0.497 e. The number of anilines is 3. The third-order valence-electron chi connectivity index (χ3n) is 8.75. The molecule has 0 fully saturated rings. The van der Waals surface area contributed by atoms with Gasteiger partial charge in [0.25, 0.3) is 5.91 Å². The zero-order chi connectivity index (χ0) is 39.9. The van der Waals surface area contributed by atoms with Crippen molar-refractivity contribution in [2.75, 3.05) is 57.0 Å². The van der Waals surface area contributed by atoms with Gasteiger partial charge in [0.15, 0.2) is 6.23 Å². The van der Waals surface area contributed by atoms with Crippen LogP contribution in [0.4, 0.5) is 17.3 Å². The van der Waals surface area contributed by atoms with Crippen LogP contribution >= 0.6 is 0 Å². The van der Waals surface area contributed by atoms with Crippen LogP contribution in [0.1, 0.15) is 72.8 Å². The number of methoxy groups -OCH3 is 2. The maximum atomic E-state index is 13.6. The maximum Gasteiger partial charge on any atom is 0.338 e. The van der Waals surface area contributed by atoms with Crippen LogP contribution in [0.3, 0.4) is 0 Å². The van der Waals surface area contributed by atoms with Crippen molar-refractivity contribution >= 4 is 40.0 Å². The van der Waals surface area contributed by atoms with Crippen LogP contribution in [0.5, 0.6) is 11.5 Å². The summed E-state index contributed by atoms with van der Waals surface area (Å²) in [6.45, 7) is 11.1. The molecule has 0 saturated carbocycles. The molecule has 3 aromatic carbocycles. The topological polar surface area (TPSA) is 147 Å². The molecule has 1 amide bonds. The quantitative estimate of drug-likeness (QED) is 0.0618. The number of aliphatic hydroxyl groups excluding tert-OH is 1. The Kier molecular flexibility index (Phi) is 12.8. The molecule has 1 atom stereocenters. The second-order valence-corrected chi connectivity index (χ2v) is 15.2. The lowest BCUT2D eigenvalue weighted by Gasteiger charge is -2.22. The fraction of sp³-hybridized carbons (Fsp3) is 0.349. The van der Waals surface area contributed by atoms with Crippen LogP contribution < -0.4 is 30.3 Å². The molecule has 4 N–H and O–H groups in total. The molecule has 12 nitrogen and oxygen atoms in total. The number of hydrogen-bond donors (Lipinski definition) is 4. The van der Waals surface area contributed by atoms with Crippen molar-refractivity contribution < 1.29 is 28.9 Å². The minimum atomic E-state index is -1.29. The monoisotopic (exact) mass is 748 g/mol. The fourth-order valence-electron chi connectivity index (χ4n) is 5.82. The Bertz CT molecular complexity index is 2150. The van der Waals surface area contributed by atoms with E-state index in [9.17, 15) is 14.7 Å². The Morgan fingerprint density at radius 1 is 0.909 bits per heavy atom. The van der Waals surface area contributed by atoms with E-state index >= 15 is 0 Å². The van der Waals surface area contributed by atoms with E-state index in [0.29, 0.717) is 64.3 Å². The summed E-state index contributed by atoms with van der Waals surface area (Å²) in [4.78, 5) is 38.1. The van der Waals surface area contributed by atoms with Crippen molar-refractivity contribution in [2.45, 2.75) is 47.4 Å². The first-order chi connectivity index (χ1) is 26.2. The van der Waals surface area contributed by atoms with Gasteiger partial charge >= 0.3 is 5.97 Å². The van der Waals surface area contributed by atoms with Gasteiger partial charge in [-0.2, -0.15) is 0 Å². The SMILES string of the molecule is COc1ccc(CNc2nccc3cc(NC(O)c4nc(N(C)C)ccc4-c4ccc(C(=O)NCC(C)(C)C)cc4C(=O)OCC(C)C)ccc23)c(OC)c1. The number of fused-ring (bicyclic) bond motifs is 1. The third kappa shape index (κ3) is 10.2. The molecule has 0 aliphatic rings. The molecule has 0 aliphatic heterocycles. The number of rotatable bonds is 15.